The fourth-order valence-corrected chi connectivity index (χ4v) is 5.80. The lowest BCUT2D eigenvalue weighted by atomic mass is 9.98. The number of nitrogens with one attached hydrogen (secondary N) is 2. The Morgan fingerprint density at radius 2 is 1.58 bits per heavy atom. The number of nitrogens with zero attached hydrogens (tertiary/aromatic N) is 2. The molecule has 2 atom stereocenters. The van der Waals surface area contributed by atoms with Gasteiger partial charge in [-0.1, -0.05) is 67.6 Å². The quantitative estimate of drug-likeness (QED) is 0.195. The van der Waals surface area contributed by atoms with E-state index in [1.165, 1.54) is 12.1 Å². The molecule has 0 saturated carbocycles. The zero-order valence-electron chi connectivity index (χ0n) is 25.4. The third kappa shape index (κ3) is 7.54. The maximum absolute atomic E-state index is 13.3. The van der Waals surface area contributed by atoms with Gasteiger partial charge in [0, 0.05) is 42.6 Å². The Morgan fingerprint density at radius 3 is 2.24 bits per heavy atom. The molecule has 0 aromatic heterocycles. The average molecular weight is 615 g/mol. The highest BCUT2D eigenvalue weighted by Crippen LogP contribution is 2.33. The summed E-state index contributed by atoms with van der Waals surface area (Å²) < 4.78 is 39.1. The van der Waals surface area contributed by atoms with Gasteiger partial charge in [-0.2, -0.15) is 13.2 Å². The smallest absolute Gasteiger partial charge is 0.370 e. The van der Waals surface area contributed by atoms with Crippen molar-refractivity contribution in [1.29, 1.82) is 0 Å². The molecule has 0 radical (unpaired) electrons. The third-order valence-corrected chi connectivity index (χ3v) is 8.24. The Labute approximate surface area is 261 Å². The summed E-state index contributed by atoms with van der Waals surface area (Å²) in [6, 6.07) is 28.9. The summed E-state index contributed by atoms with van der Waals surface area (Å²) in [6.45, 7) is 4.26. The second kappa shape index (κ2) is 14.0. The van der Waals surface area contributed by atoms with E-state index in [2.05, 4.69) is 20.4 Å². The number of benzene rings is 4. The van der Waals surface area contributed by atoms with Crippen molar-refractivity contribution in [2.45, 2.75) is 38.0 Å². The molecule has 0 bridgehead atoms. The number of alkyl halides is 3. The zero-order chi connectivity index (χ0) is 32.0. The molecule has 9 heteroatoms. The van der Waals surface area contributed by atoms with Crippen LogP contribution in [0.5, 0.6) is 0 Å². The molecule has 0 spiro atoms. The molecule has 1 saturated heterocycles. The molecule has 2 unspecified atom stereocenters. The number of hydrogen-bond donors (Lipinski definition) is 2. The molecule has 6 nitrogen and oxygen atoms in total. The first-order valence-corrected chi connectivity index (χ1v) is 15.1. The van der Waals surface area contributed by atoms with Crippen molar-refractivity contribution in [3.8, 4) is 11.1 Å². The first-order valence-electron chi connectivity index (χ1n) is 15.1. The van der Waals surface area contributed by atoms with Crippen molar-refractivity contribution in [3.05, 3.63) is 120 Å². The number of carbonyl (C=O) groups is 2. The van der Waals surface area contributed by atoms with E-state index in [0.29, 0.717) is 28.9 Å². The molecule has 1 fully saturated rings. The van der Waals surface area contributed by atoms with Gasteiger partial charge >= 0.3 is 6.18 Å². The van der Waals surface area contributed by atoms with E-state index in [4.69, 9.17) is 0 Å². The number of anilines is 2. The fraction of sp³-hybridized carbons (Fsp3) is 0.278. The van der Waals surface area contributed by atoms with Gasteiger partial charge in [-0.15, -0.1) is 0 Å². The van der Waals surface area contributed by atoms with Crippen LogP contribution in [0.4, 0.5) is 24.5 Å². The van der Waals surface area contributed by atoms with Crippen LogP contribution in [0.15, 0.2) is 103 Å². The predicted molar refractivity (Wildman–Crippen MR) is 172 cm³/mol. The lowest BCUT2D eigenvalue weighted by Gasteiger charge is -2.32. The fourth-order valence-electron chi connectivity index (χ4n) is 5.80. The first-order chi connectivity index (χ1) is 21.7. The van der Waals surface area contributed by atoms with Gasteiger partial charge in [0.2, 0.25) is 5.91 Å². The highest BCUT2D eigenvalue weighted by Gasteiger charge is 2.34. The number of halogens is 3. The number of rotatable bonds is 10. The van der Waals surface area contributed by atoms with Gasteiger partial charge in [-0.25, -0.2) is 0 Å². The summed E-state index contributed by atoms with van der Waals surface area (Å²) >= 11 is 0. The van der Waals surface area contributed by atoms with Crippen molar-refractivity contribution < 1.29 is 22.8 Å². The number of likely N-dealkylation sites (N-methyl/N-ethyl adjacent to an activating group) is 1. The van der Waals surface area contributed by atoms with Crippen LogP contribution in [-0.2, 0) is 11.0 Å². The number of carbonyl (C=O) groups excluding carboxylic acids is 2. The molecular weight excluding hydrogens is 577 g/mol. The Hall–Kier alpha value is -4.63. The van der Waals surface area contributed by atoms with Gasteiger partial charge in [-0.05, 0) is 79.0 Å². The van der Waals surface area contributed by atoms with Crippen molar-refractivity contribution >= 4 is 23.2 Å². The molecule has 0 aliphatic carbocycles. The summed E-state index contributed by atoms with van der Waals surface area (Å²) in [7, 11) is 2.01. The second-order valence-electron chi connectivity index (χ2n) is 11.3. The third-order valence-electron chi connectivity index (χ3n) is 8.24. The molecule has 234 valence electrons. The van der Waals surface area contributed by atoms with Crippen LogP contribution >= 0.6 is 0 Å². The van der Waals surface area contributed by atoms with Crippen LogP contribution in [0, 0.1) is 0 Å². The van der Waals surface area contributed by atoms with Gasteiger partial charge < -0.3 is 15.5 Å². The van der Waals surface area contributed by atoms with Crippen molar-refractivity contribution in [2.24, 2.45) is 0 Å². The highest BCUT2D eigenvalue weighted by molar-refractivity contribution is 6.08. The minimum atomic E-state index is -4.43. The summed E-state index contributed by atoms with van der Waals surface area (Å²) in [5, 5.41) is 5.98. The molecule has 1 aliphatic heterocycles. The standard InChI is InChI=1S/C36H37F3N4O2/c1-3-22-40-35(45)33(26-9-5-4-6-10-26)42(2)30-21-23-43(24-30)29-19-17-28(18-20-29)41-34(44)32-12-8-7-11-31(32)25-13-15-27(16-14-25)36(37,38)39/h4-20,30,33H,3,21-24H2,1-2H3,(H,40,45)(H,41,44). The summed E-state index contributed by atoms with van der Waals surface area (Å²) in [4.78, 5) is 30.9. The SMILES string of the molecule is CCCNC(=O)C(c1ccccc1)N(C)C1CCN(c2ccc(NC(=O)c3ccccc3-c3ccc(C(F)(F)F)cc3)cc2)C1. The first kappa shape index (κ1) is 31.8. The summed E-state index contributed by atoms with van der Waals surface area (Å²) in [5.74, 6) is -0.349. The largest absolute Gasteiger partial charge is 0.416 e. The predicted octanol–water partition coefficient (Wildman–Crippen LogP) is 7.40. The summed E-state index contributed by atoms with van der Waals surface area (Å²) in [5.41, 5.74) is 3.28. The van der Waals surface area contributed by atoms with Gasteiger partial charge in [0.1, 0.15) is 6.04 Å². The highest BCUT2D eigenvalue weighted by atomic mass is 19.4. The lowest BCUT2D eigenvalue weighted by molar-refractivity contribution is -0.137. The minimum Gasteiger partial charge on any atom is -0.370 e. The van der Waals surface area contributed by atoms with Crippen LogP contribution < -0.4 is 15.5 Å². The minimum absolute atomic E-state index is 0.00369. The molecule has 5 rings (SSSR count). The topological polar surface area (TPSA) is 64.7 Å². The Kier molecular flexibility index (Phi) is 9.88. The van der Waals surface area contributed by atoms with Crippen LogP contribution in [0.3, 0.4) is 0 Å². The molecule has 4 aromatic carbocycles. The second-order valence-corrected chi connectivity index (χ2v) is 11.3. The number of amides is 2. The molecule has 1 aliphatic rings. The van der Waals surface area contributed by atoms with E-state index in [-0.39, 0.29) is 23.9 Å². The van der Waals surface area contributed by atoms with Gasteiger partial charge in [-0.3, -0.25) is 14.5 Å². The van der Waals surface area contributed by atoms with Crippen molar-refractivity contribution in [3.63, 3.8) is 0 Å². The van der Waals surface area contributed by atoms with Crippen molar-refractivity contribution in [1.82, 2.24) is 10.2 Å². The van der Waals surface area contributed by atoms with Gasteiger partial charge in [0.15, 0.2) is 0 Å². The van der Waals surface area contributed by atoms with Crippen LogP contribution in [0.2, 0.25) is 0 Å². The van der Waals surface area contributed by atoms with E-state index in [1.807, 2.05) is 68.6 Å². The molecular formula is C36H37F3N4O2. The van der Waals surface area contributed by atoms with E-state index < -0.39 is 11.7 Å². The van der Waals surface area contributed by atoms with E-state index in [0.717, 1.165) is 49.3 Å². The molecule has 2 amide bonds. The molecule has 2 N–H and O–H groups in total. The molecule has 1 heterocycles. The Balaban J connectivity index is 1.24. The van der Waals surface area contributed by atoms with E-state index >= 15 is 0 Å². The van der Waals surface area contributed by atoms with Crippen LogP contribution in [0.1, 0.15) is 47.3 Å². The van der Waals surface area contributed by atoms with E-state index in [9.17, 15) is 22.8 Å². The van der Waals surface area contributed by atoms with Gasteiger partial charge in [0.25, 0.3) is 5.91 Å². The molecule has 45 heavy (non-hydrogen) atoms. The Morgan fingerprint density at radius 1 is 0.911 bits per heavy atom. The summed E-state index contributed by atoms with van der Waals surface area (Å²) in [6.07, 6.45) is -2.65. The maximum Gasteiger partial charge on any atom is 0.416 e. The molecule has 4 aromatic rings. The van der Waals surface area contributed by atoms with Gasteiger partial charge in [0.05, 0.1) is 5.56 Å². The van der Waals surface area contributed by atoms with Crippen LogP contribution in [0.25, 0.3) is 11.1 Å². The van der Waals surface area contributed by atoms with Crippen LogP contribution in [-0.4, -0.2) is 49.4 Å². The van der Waals surface area contributed by atoms with Crippen molar-refractivity contribution in [2.75, 3.05) is 36.9 Å². The monoisotopic (exact) mass is 614 g/mol. The maximum atomic E-state index is 13.3. The zero-order valence-corrected chi connectivity index (χ0v) is 25.4. The van der Waals surface area contributed by atoms with E-state index in [1.54, 1.807) is 24.3 Å². The lowest BCUT2D eigenvalue weighted by Crippen LogP contribution is -2.44. The average Bonchev–Trinajstić information content (AvgIpc) is 3.55. The Bertz CT molecular complexity index is 1590. The number of hydrogen-bond acceptors (Lipinski definition) is 4. The normalized spacial score (nSPS) is 15.6.